The number of benzene rings is 2. The van der Waals surface area contributed by atoms with Gasteiger partial charge in [-0.3, -0.25) is 19.6 Å². The highest BCUT2D eigenvalue weighted by atomic mass is 32.2. The van der Waals surface area contributed by atoms with Crippen LogP contribution in [0, 0.1) is 10.1 Å². The molecule has 0 spiro atoms. The first-order valence-corrected chi connectivity index (χ1v) is 9.52. The van der Waals surface area contributed by atoms with Gasteiger partial charge in [0.15, 0.2) is 11.0 Å². The third-order valence-electron chi connectivity index (χ3n) is 3.92. The molecule has 1 aliphatic heterocycles. The third kappa shape index (κ3) is 3.85. The molecule has 1 aliphatic rings. The van der Waals surface area contributed by atoms with Gasteiger partial charge in [-0.05, 0) is 18.2 Å². The number of carbonyl (C=O) groups excluding carboxylic acids is 1. The summed E-state index contributed by atoms with van der Waals surface area (Å²) in [7, 11) is -4.18. The van der Waals surface area contributed by atoms with Gasteiger partial charge < -0.3 is 9.47 Å². The Morgan fingerprint density at radius 1 is 1.33 bits per heavy atom. The maximum absolute atomic E-state index is 12.5. The van der Waals surface area contributed by atoms with Crippen LogP contribution >= 0.6 is 0 Å². The second-order valence-electron chi connectivity index (χ2n) is 5.73. The van der Waals surface area contributed by atoms with Crippen molar-refractivity contribution in [2.45, 2.75) is 24.3 Å². The normalized spacial score (nSPS) is 15.5. The molecule has 0 fully saturated rings. The van der Waals surface area contributed by atoms with Gasteiger partial charge in [-0.2, -0.15) is 0 Å². The number of nitro benzene ring substituents is 1. The van der Waals surface area contributed by atoms with E-state index in [1.54, 1.807) is 13.0 Å². The van der Waals surface area contributed by atoms with Crippen LogP contribution in [0.2, 0.25) is 0 Å². The van der Waals surface area contributed by atoms with Crippen LogP contribution in [0.4, 0.5) is 11.4 Å². The molecule has 1 atom stereocenters. The molecular formula is C17H16N2O7S. The predicted molar refractivity (Wildman–Crippen MR) is 95.0 cm³/mol. The Labute approximate surface area is 155 Å². The predicted octanol–water partition coefficient (Wildman–Crippen LogP) is 2.78. The highest BCUT2D eigenvalue weighted by Crippen LogP contribution is 2.37. The number of hydrogen-bond donors (Lipinski definition) is 1. The number of nitrogens with one attached hydrogen (secondary N) is 1. The number of anilines is 1. The van der Waals surface area contributed by atoms with Crippen molar-refractivity contribution >= 4 is 27.4 Å². The largest absolute Gasteiger partial charge is 0.489 e. The Kier molecular flexibility index (Phi) is 5.00. The zero-order chi connectivity index (χ0) is 19.6. The number of nitrogens with zero attached hydrogens (tertiary/aromatic N) is 1. The van der Waals surface area contributed by atoms with E-state index in [9.17, 15) is 23.3 Å². The maximum atomic E-state index is 12.5. The van der Waals surface area contributed by atoms with Crippen molar-refractivity contribution in [3.05, 3.63) is 58.1 Å². The van der Waals surface area contributed by atoms with Crippen LogP contribution in [0.3, 0.4) is 0 Å². The highest BCUT2D eigenvalue weighted by Gasteiger charge is 2.29. The van der Waals surface area contributed by atoms with E-state index in [2.05, 4.69) is 4.72 Å². The first-order valence-electron chi connectivity index (χ1n) is 8.04. The van der Waals surface area contributed by atoms with Gasteiger partial charge in [-0.15, -0.1) is 0 Å². The lowest BCUT2D eigenvalue weighted by molar-refractivity contribution is -0.387. The smallest absolute Gasteiger partial charge is 0.306 e. The molecule has 2 aromatic carbocycles. The van der Waals surface area contributed by atoms with Gasteiger partial charge in [0.05, 0.1) is 10.6 Å². The van der Waals surface area contributed by atoms with Crippen molar-refractivity contribution in [3.63, 3.8) is 0 Å². The minimum atomic E-state index is -4.18. The van der Waals surface area contributed by atoms with Crippen LogP contribution in [0.1, 0.15) is 25.0 Å². The van der Waals surface area contributed by atoms with E-state index in [4.69, 9.17) is 9.47 Å². The number of hydrogen-bond acceptors (Lipinski definition) is 7. The first kappa shape index (κ1) is 18.6. The van der Waals surface area contributed by atoms with E-state index >= 15 is 0 Å². The minimum Gasteiger partial charge on any atom is -0.489 e. The van der Waals surface area contributed by atoms with Gasteiger partial charge in [0.25, 0.3) is 15.7 Å². The summed E-state index contributed by atoms with van der Waals surface area (Å²) in [5.41, 5.74) is 0.286. The van der Waals surface area contributed by atoms with Gasteiger partial charge in [-0.25, -0.2) is 8.42 Å². The van der Waals surface area contributed by atoms with E-state index < -0.39 is 31.6 Å². The lowest BCUT2D eigenvalue weighted by Gasteiger charge is -2.11. The molecule has 0 aromatic heterocycles. The molecule has 0 amide bonds. The van der Waals surface area contributed by atoms with Gasteiger partial charge in [0.2, 0.25) is 0 Å². The topological polar surface area (TPSA) is 125 Å². The molecule has 10 heteroatoms. The Morgan fingerprint density at radius 2 is 2.07 bits per heavy atom. The lowest BCUT2D eigenvalue weighted by atomic mass is 10.1. The average Bonchev–Trinajstić information content (AvgIpc) is 3.03. The average molecular weight is 392 g/mol. The van der Waals surface area contributed by atoms with Crippen molar-refractivity contribution in [1.82, 2.24) is 0 Å². The molecule has 9 nitrogen and oxygen atoms in total. The molecule has 0 aliphatic carbocycles. The van der Waals surface area contributed by atoms with Crippen LogP contribution in [0.5, 0.6) is 5.75 Å². The number of fused-ring (bicyclic) bond motifs is 1. The Bertz CT molecular complexity index is 1000. The van der Waals surface area contributed by atoms with E-state index in [1.807, 2.05) is 0 Å². The molecule has 0 bridgehead atoms. The highest BCUT2D eigenvalue weighted by molar-refractivity contribution is 7.92. The summed E-state index contributed by atoms with van der Waals surface area (Å²) >= 11 is 0. The van der Waals surface area contributed by atoms with Crippen molar-refractivity contribution in [1.29, 1.82) is 0 Å². The summed E-state index contributed by atoms with van der Waals surface area (Å²) < 4.78 is 38.1. The molecule has 1 N–H and O–H groups in total. The maximum Gasteiger partial charge on any atom is 0.306 e. The molecule has 1 heterocycles. The summed E-state index contributed by atoms with van der Waals surface area (Å²) in [6, 6.07) is 9.58. The Hall–Kier alpha value is -3.14. The number of sulfonamides is 1. The van der Waals surface area contributed by atoms with Crippen LogP contribution in [-0.4, -0.2) is 25.9 Å². The number of nitro groups is 1. The summed E-state index contributed by atoms with van der Waals surface area (Å²) in [5.74, 6) is 0.0179. The van der Waals surface area contributed by atoms with E-state index in [1.165, 1.54) is 24.3 Å². The molecule has 0 unspecified atom stereocenters. The Morgan fingerprint density at radius 3 is 2.78 bits per heavy atom. The SMILES string of the molecule is CCC(=O)O[C@@H]1COc2cc(NS(=O)(=O)c3ccccc3[N+](=O)[O-])ccc21. The Balaban J connectivity index is 1.85. The van der Waals surface area contributed by atoms with Crippen LogP contribution in [0.25, 0.3) is 0 Å². The molecule has 27 heavy (non-hydrogen) atoms. The monoisotopic (exact) mass is 392 g/mol. The van der Waals surface area contributed by atoms with Crippen LogP contribution in [-0.2, 0) is 19.6 Å². The molecule has 0 saturated heterocycles. The first-order chi connectivity index (χ1) is 12.8. The zero-order valence-corrected chi connectivity index (χ0v) is 15.1. The van der Waals surface area contributed by atoms with Crippen LogP contribution in [0.15, 0.2) is 47.4 Å². The second kappa shape index (κ2) is 7.23. The van der Waals surface area contributed by atoms with Gasteiger partial charge in [-0.1, -0.05) is 19.1 Å². The summed E-state index contributed by atoms with van der Waals surface area (Å²) in [4.78, 5) is 21.3. The number of ether oxygens (including phenoxy) is 2. The van der Waals surface area contributed by atoms with Gasteiger partial charge in [0.1, 0.15) is 12.4 Å². The number of carbonyl (C=O) groups is 1. The molecule has 142 valence electrons. The molecule has 0 radical (unpaired) electrons. The molecule has 3 rings (SSSR count). The lowest BCUT2D eigenvalue weighted by Crippen LogP contribution is -2.14. The molecule has 0 saturated carbocycles. The minimum absolute atomic E-state index is 0.140. The molecule has 2 aromatic rings. The number of para-hydroxylation sites is 1. The van der Waals surface area contributed by atoms with Crippen LogP contribution < -0.4 is 9.46 Å². The fourth-order valence-electron chi connectivity index (χ4n) is 2.63. The van der Waals surface area contributed by atoms with E-state index in [0.29, 0.717) is 11.3 Å². The molecular weight excluding hydrogens is 376 g/mol. The number of esters is 1. The van der Waals surface area contributed by atoms with Crippen molar-refractivity contribution in [2.75, 3.05) is 11.3 Å². The van der Waals surface area contributed by atoms with E-state index in [0.717, 1.165) is 12.1 Å². The fraction of sp³-hybridized carbons (Fsp3) is 0.235. The zero-order valence-electron chi connectivity index (χ0n) is 14.2. The van der Waals surface area contributed by atoms with Crippen molar-refractivity contribution < 1.29 is 27.6 Å². The van der Waals surface area contributed by atoms with Crippen molar-refractivity contribution in [2.24, 2.45) is 0 Å². The summed E-state index contributed by atoms with van der Waals surface area (Å²) in [6.07, 6.45) is -0.312. The van der Waals surface area contributed by atoms with Gasteiger partial charge in [0, 0.05) is 24.1 Å². The number of rotatable bonds is 6. The summed E-state index contributed by atoms with van der Waals surface area (Å²) in [6.45, 7) is 1.82. The third-order valence-corrected chi connectivity index (χ3v) is 5.35. The van der Waals surface area contributed by atoms with Crippen molar-refractivity contribution in [3.8, 4) is 5.75 Å². The standard InChI is InChI=1S/C17H16N2O7S/c1-2-17(20)26-15-10-25-14-9-11(7-8-12(14)15)18-27(23,24)16-6-4-3-5-13(16)19(21)22/h3-9,15,18H,2,10H2,1H3/t15-/m1/s1. The summed E-state index contributed by atoms with van der Waals surface area (Å²) in [5, 5.41) is 11.1. The fourth-order valence-corrected chi connectivity index (χ4v) is 3.85. The van der Waals surface area contributed by atoms with Gasteiger partial charge >= 0.3 is 5.97 Å². The van der Waals surface area contributed by atoms with E-state index in [-0.39, 0.29) is 24.7 Å². The second-order valence-corrected chi connectivity index (χ2v) is 7.38. The quantitative estimate of drug-likeness (QED) is 0.455.